The summed E-state index contributed by atoms with van der Waals surface area (Å²) in [5.74, 6) is 0.813. The first-order valence-electron chi connectivity index (χ1n) is 8.36. The second-order valence-electron chi connectivity index (χ2n) is 6.67. The Morgan fingerprint density at radius 3 is 2.81 bits per heavy atom. The first-order valence-corrected chi connectivity index (χ1v) is 8.36. The van der Waals surface area contributed by atoms with Crippen LogP contribution in [0.1, 0.15) is 12.2 Å². The van der Waals surface area contributed by atoms with E-state index in [1.807, 2.05) is 36.9 Å². The quantitative estimate of drug-likeness (QED) is 0.708. The van der Waals surface area contributed by atoms with Crippen molar-refractivity contribution in [2.24, 2.45) is 18.9 Å². The van der Waals surface area contributed by atoms with Gasteiger partial charge in [0.05, 0.1) is 29.8 Å². The second-order valence-corrected chi connectivity index (χ2v) is 6.67. The number of aryl methyl sites for hydroxylation is 1. The van der Waals surface area contributed by atoms with Gasteiger partial charge in [-0.2, -0.15) is 5.26 Å². The van der Waals surface area contributed by atoms with Gasteiger partial charge >= 0.3 is 0 Å². The van der Waals surface area contributed by atoms with E-state index in [0.29, 0.717) is 17.9 Å². The van der Waals surface area contributed by atoms with E-state index < -0.39 is 0 Å². The number of benzene rings is 1. The van der Waals surface area contributed by atoms with Crippen molar-refractivity contribution in [3.63, 3.8) is 0 Å². The summed E-state index contributed by atoms with van der Waals surface area (Å²) in [6.45, 7) is 1.94. The molecular formula is C19H18N6O. The van der Waals surface area contributed by atoms with Crippen LogP contribution in [-0.2, 0) is 11.8 Å². The second kappa shape index (κ2) is 5.85. The number of imidazole rings is 1. The maximum atomic E-state index is 12.1. The average Bonchev–Trinajstić information content (AvgIpc) is 3.34. The number of pyridine rings is 1. The summed E-state index contributed by atoms with van der Waals surface area (Å²) in [6.07, 6.45) is 4.09. The molecule has 3 aromatic rings. The number of amides is 1. The van der Waals surface area contributed by atoms with Gasteiger partial charge in [-0.25, -0.2) is 9.97 Å². The minimum atomic E-state index is -0.230. The van der Waals surface area contributed by atoms with E-state index in [2.05, 4.69) is 21.4 Å². The van der Waals surface area contributed by atoms with Gasteiger partial charge in [0.2, 0.25) is 5.91 Å². The fraction of sp³-hybridized carbons (Fsp3) is 0.263. The molecule has 2 aromatic heterocycles. The molecule has 4 rings (SSSR count). The molecule has 130 valence electrons. The number of aromatic nitrogens is 3. The van der Waals surface area contributed by atoms with Crippen LogP contribution in [0.2, 0.25) is 0 Å². The van der Waals surface area contributed by atoms with Crippen molar-refractivity contribution in [3.8, 4) is 17.3 Å². The maximum Gasteiger partial charge on any atom is 0.230 e. The number of carbonyl (C=O) groups is 1. The van der Waals surface area contributed by atoms with Gasteiger partial charge in [0.1, 0.15) is 11.6 Å². The topological polar surface area (TPSA) is 110 Å². The Morgan fingerprint density at radius 2 is 2.15 bits per heavy atom. The van der Waals surface area contributed by atoms with Gasteiger partial charge in [-0.15, -0.1) is 0 Å². The lowest BCUT2D eigenvalue weighted by atomic mass is 10.0. The monoisotopic (exact) mass is 346 g/mol. The first-order chi connectivity index (χ1) is 12.5. The number of nitrogens with zero attached hydrogens (tertiary/aromatic N) is 4. The number of hydrogen-bond donors (Lipinski definition) is 2. The molecule has 1 aromatic carbocycles. The Morgan fingerprint density at radius 1 is 1.35 bits per heavy atom. The van der Waals surface area contributed by atoms with Crippen LogP contribution in [0.5, 0.6) is 0 Å². The zero-order valence-electron chi connectivity index (χ0n) is 14.5. The van der Waals surface area contributed by atoms with E-state index in [4.69, 9.17) is 11.0 Å². The Kier molecular flexibility index (Phi) is 3.62. The summed E-state index contributed by atoms with van der Waals surface area (Å²) in [4.78, 5) is 20.8. The number of anilines is 2. The number of nitriles is 1. The third kappa shape index (κ3) is 2.65. The molecule has 2 heterocycles. The normalized spacial score (nSPS) is 18.5. The molecule has 1 aliphatic rings. The third-order valence-corrected chi connectivity index (χ3v) is 4.93. The molecule has 1 fully saturated rings. The zero-order chi connectivity index (χ0) is 18.4. The molecule has 26 heavy (non-hydrogen) atoms. The largest absolute Gasteiger partial charge is 0.398 e. The van der Waals surface area contributed by atoms with Crippen LogP contribution in [0.25, 0.3) is 22.0 Å². The lowest BCUT2D eigenvalue weighted by Crippen LogP contribution is -2.15. The highest BCUT2D eigenvalue weighted by Gasteiger charge is 2.43. The van der Waals surface area contributed by atoms with Crippen molar-refractivity contribution in [3.05, 3.63) is 36.4 Å². The van der Waals surface area contributed by atoms with Gasteiger partial charge in [0.15, 0.2) is 0 Å². The summed E-state index contributed by atoms with van der Waals surface area (Å²) < 4.78 is 2.00. The first kappa shape index (κ1) is 16.1. The Balaban J connectivity index is 1.69. The van der Waals surface area contributed by atoms with E-state index in [1.165, 1.54) is 0 Å². The highest BCUT2D eigenvalue weighted by atomic mass is 16.2. The lowest BCUT2D eigenvalue weighted by molar-refractivity contribution is -0.117. The molecule has 1 amide bonds. The molecule has 7 nitrogen and oxygen atoms in total. The van der Waals surface area contributed by atoms with Crippen molar-refractivity contribution < 1.29 is 4.79 Å². The summed E-state index contributed by atoms with van der Waals surface area (Å²) in [6, 6.07) is 7.84. The summed E-state index contributed by atoms with van der Waals surface area (Å²) in [5.41, 5.74) is 8.74. The molecular weight excluding hydrogens is 328 g/mol. The molecule has 2 atom stereocenters. The van der Waals surface area contributed by atoms with Crippen LogP contribution in [0.3, 0.4) is 0 Å². The predicted octanol–water partition coefficient (Wildman–Crippen LogP) is 2.62. The van der Waals surface area contributed by atoms with Gasteiger partial charge in [0.25, 0.3) is 0 Å². The van der Waals surface area contributed by atoms with Crippen LogP contribution in [0, 0.1) is 30.1 Å². The summed E-state index contributed by atoms with van der Waals surface area (Å²) >= 11 is 0. The number of hydrogen-bond acceptors (Lipinski definition) is 5. The van der Waals surface area contributed by atoms with Crippen molar-refractivity contribution in [2.75, 3.05) is 11.1 Å². The lowest BCUT2D eigenvalue weighted by Gasteiger charge is -2.10. The number of carbonyl (C=O) groups excluding carboxylic acids is 1. The van der Waals surface area contributed by atoms with E-state index in [9.17, 15) is 4.79 Å². The highest BCUT2D eigenvalue weighted by molar-refractivity contribution is 6.00. The molecule has 1 aliphatic carbocycles. The van der Waals surface area contributed by atoms with Crippen LogP contribution in [0.4, 0.5) is 11.5 Å². The van der Waals surface area contributed by atoms with Gasteiger partial charge in [-0.05, 0) is 36.9 Å². The summed E-state index contributed by atoms with van der Waals surface area (Å²) in [5, 5.41) is 13.4. The zero-order valence-corrected chi connectivity index (χ0v) is 14.5. The third-order valence-electron chi connectivity index (χ3n) is 4.93. The number of nitrogens with two attached hydrogens (primary N) is 1. The maximum absolute atomic E-state index is 12.1. The van der Waals surface area contributed by atoms with Crippen LogP contribution < -0.4 is 11.1 Å². The van der Waals surface area contributed by atoms with Gasteiger partial charge in [-0.3, -0.25) is 4.79 Å². The molecule has 3 N–H and O–H groups in total. The molecule has 0 radical (unpaired) electrons. The number of nitrogens with one attached hydrogen (secondary N) is 1. The summed E-state index contributed by atoms with van der Waals surface area (Å²) in [7, 11) is 1.96. The minimum Gasteiger partial charge on any atom is -0.398 e. The standard InChI is InChI=1S/C19H18N6O/c1-10-22-9-17(25(10)2)12-3-11-6-18(23-8-15(11)16(21)5-12)24-19(26)14-4-13(14)7-20/h3,5-6,8-9,13-14H,4,21H2,1-2H3,(H,23,24,26)/t13?,14-/m1/s1. The molecule has 0 bridgehead atoms. The SMILES string of the molecule is Cc1ncc(-c2cc(N)c3cnc(NC(=O)[C@@H]4CC4C#N)cc3c2)n1C. The Bertz CT molecular complexity index is 1080. The Hall–Kier alpha value is -3.40. The molecule has 1 unspecified atom stereocenters. The van der Waals surface area contributed by atoms with E-state index in [0.717, 1.165) is 27.9 Å². The van der Waals surface area contributed by atoms with Crippen molar-refractivity contribution in [1.29, 1.82) is 5.26 Å². The van der Waals surface area contributed by atoms with E-state index >= 15 is 0 Å². The average molecular weight is 346 g/mol. The van der Waals surface area contributed by atoms with Gasteiger partial charge in [-0.1, -0.05) is 0 Å². The smallest absolute Gasteiger partial charge is 0.230 e. The fourth-order valence-electron chi connectivity index (χ4n) is 3.12. The van der Waals surface area contributed by atoms with E-state index in [-0.39, 0.29) is 17.7 Å². The minimum absolute atomic E-state index is 0.158. The highest BCUT2D eigenvalue weighted by Crippen LogP contribution is 2.38. The molecule has 0 saturated heterocycles. The number of nitrogen functional groups attached to an aromatic ring is 1. The fourth-order valence-corrected chi connectivity index (χ4v) is 3.12. The van der Waals surface area contributed by atoms with Gasteiger partial charge in [0, 0.05) is 29.9 Å². The predicted molar refractivity (Wildman–Crippen MR) is 98.9 cm³/mol. The number of fused-ring (bicyclic) bond motifs is 1. The van der Waals surface area contributed by atoms with Crippen molar-refractivity contribution in [1.82, 2.24) is 14.5 Å². The van der Waals surface area contributed by atoms with E-state index in [1.54, 1.807) is 12.3 Å². The van der Waals surface area contributed by atoms with Crippen molar-refractivity contribution in [2.45, 2.75) is 13.3 Å². The van der Waals surface area contributed by atoms with Gasteiger partial charge < -0.3 is 15.6 Å². The molecule has 7 heteroatoms. The van der Waals surface area contributed by atoms with Crippen LogP contribution in [-0.4, -0.2) is 20.4 Å². The Labute approximate surface area is 150 Å². The molecule has 1 saturated carbocycles. The van der Waals surface area contributed by atoms with Crippen LogP contribution >= 0.6 is 0 Å². The molecule has 0 spiro atoms. The molecule has 0 aliphatic heterocycles. The number of rotatable bonds is 3. The van der Waals surface area contributed by atoms with Crippen molar-refractivity contribution >= 4 is 28.2 Å². The van der Waals surface area contributed by atoms with Crippen LogP contribution in [0.15, 0.2) is 30.6 Å².